The van der Waals surface area contributed by atoms with Gasteiger partial charge in [0.1, 0.15) is 6.04 Å². The molecule has 2 bridgehead atoms. The molecule has 0 aliphatic carbocycles. The second-order valence-electron chi connectivity index (χ2n) is 12.5. The number of rotatable bonds is 12. The molecular formula is C36H45N3O4S. The van der Waals surface area contributed by atoms with Crippen LogP contribution in [0.4, 0.5) is 5.69 Å². The monoisotopic (exact) mass is 615 g/mol. The van der Waals surface area contributed by atoms with Gasteiger partial charge in [0, 0.05) is 30.6 Å². The summed E-state index contributed by atoms with van der Waals surface area (Å²) < 4.78 is -0.787. The lowest BCUT2D eigenvalue weighted by atomic mass is 9.65. The minimum atomic E-state index is -0.819. The molecule has 234 valence electrons. The first-order valence-corrected chi connectivity index (χ1v) is 16.6. The number of benzene rings is 2. The fraction of sp³-hybridized carbons (Fsp3) is 0.472. The quantitative estimate of drug-likeness (QED) is 0.335. The maximum Gasteiger partial charge on any atom is 0.251 e. The van der Waals surface area contributed by atoms with Gasteiger partial charge in [-0.25, -0.2) is 0 Å². The minimum absolute atomic E-state index is 0.0242. The van der Waals surface area contributed by atoms with E-state index in [2.05, 4.69) is 20.1 Å². The molecule has 3 unspecified atom stereocenters. The summed E-state index contributed by atoms with van der Waals surface area (Å²) in [4.78, 5) is 49.5. The van der Waals surface area contributed by atoms with Crippen molar-refractivity contribution in [2.45, 2.75) is 69.2 Å². The molecule has 3 amide bonds. The van der Waals surface area contributed by atoms with E-state index in [9.17, 15) is 14.7 Å². The third-order valence-corrected chi connectivity index (χ3v) is 12.0. The van der Waals surface area contributed by atoms with Crippen LogP contribution in [0.2, 0.25) is 0 Å². The van der Waals surface area contributed by atoms with Crippen LogP contribution >= 0.6 is 11.8 Å². The number of hydrogen-bond donors (Lipinski definition) is 1. The molecule has 7 nitrogen and oxygen atoms in total. The topological polar surface area (TPSA) is 81.2 Å². The number of aliphatic hydroxyl groups excluding tert-OH is 1. The molecule has 2 aromatic rings. The van der Waals surface area contributed by atoms with Gasteiger partial charge < -0.3 is 19.8 Å². The average molecular weight is 616 g/mol. The van der Waals surface area contributed by atoms with Crippen molar-refractivity contribution in [1.82, 2.24) is 9.80 Å². The average Bonchev–Trinajstić information content (AvgIpc) is 3.61. The third kappa shape index (κ3) is 5.10. The Balaban J connectivity index is 1.61. The SMILES string of the molecule is C=CCN(Cc1ccccc1)C(=O)[C@@H]1[C@@H]2CC(C)C3(S2)C(C(=O)N(CC=C)c2c(C)cccc2C)N([C@@H](CC)CO)C(=O)[C@H]13. The molecule has 0 aromatic heterocycles. The third-order valence-electron chi connectivity index (χ3n) is 9.94. The summed E-state index contributed by atoms with van der Waals surface area (Å²) in [6.07, 6.45) is 4.69. The van der Waals surface area contributed by atoms with Crippen molar-refractivity contribution in [3.63, 3.8) is 0 Å². The fourth-order valence-corrected chi connectivity index (χ4v) is 10.4. The summed E-state index contributed by atoms with van der Waals surface area (Å²) in [6, 6.07) is 14.4. The molecule has 1 N–H and O–H groups in total. The number of amides is 3. The van der Waals surface area contributed by atoms with Gasteiger partial charge in [0.2, 0.25) is 11.8 Å². The molecule has 2 aromatic carbocycles. The standard InChI is InChI=1S/C36H45N3O4S/c1-7-18-37(21-26-16-11-10-12-17-26)33(41)29-28-20-25(6)36(44-28)30(29)34(42)39(27(9-3)22-40)32(36)35(43)38(19-8-2)31-23(4)14-13-15-24(31)5/h7-8,10-17,25,27-30,32,40H,1-2,9,18-22H2,3-6H3/t25?,27-,28-,29+,30-,32?,36?/m0/s1. The Morgan fingerprint density at radius 2 is 1.73 bits per heavy atom. The van der Waals surface area contributed by atoms with E-state index in [-0.39, 0.29) is 42.0 Å². The first kappa shape index (κ1) is 32.0. The van der Waals surface area contributed by atoms with Gasteiger partial charge in [-0.15, -0.1) is 24.9 Å². The van der Waals surface area contributed by atoms with Crippen molar-refractivity contribution < 1.29 is 19.5 Å². The lowest BCUT2D eigenvalue weighted by Crippen LogP contribution is -2.59. The zero-order valence-electron chi connectivity index (χ0n) is 26.3. The van der Waals surface area contributed by atoms with Crippen molar-refractivity contribution in [1.29, 1.82) is 0 Å². The van der Waals surface area contributed by atoms with Gasteiger partial charge >= 0.3 is 0 Å². The molecule has 7 atom stereocenters. The summed E-state index contributed by atoms with van der Waals surface area (Å²) in [5.41, 5.74) is 3.75. The first-order chi connectivity index (χ1) is 21.2. The van der Waals surface area contributed by atoms with Crippen LogP contribution in [0.3, 0.4) is 0 Å². The van der Waals surface area contributed by atoms with E-state index in [0.717, 1.165) is 28.8 Å². The fourth-order valence-electron chi connectivity index (χ4n) is 8.03. The van der Waals surface area contributed by atoms with E-state index >= 15 is 4.79 Å². The van der Waals surface area contributed by atoms with Crippen LogP contribution in [0.25, 0.3) is 0 Å². The molecule has 0 radical (unpaired) electrons. The van der Waals surface area contributed by atoms with E-state index in [1.54, 1.807) is 38.6 Å². The lowest BCUT2D eigenvalue weighted by molar-refractivity contribution is -0.146. The van der Waals surface area contributed by atoms with Crippen molar-refractivity contribution in [2.24, 2.45) is 17.8 Å². The van der Waals surface area contributed by atoms with Gasteiger partial charge in [-0.1, -0.05) is 74.5 Å². The number of likely N-dealkylation sites (tertiary alicyclic amines) is 1. The second kappa shape index (κ2) is 12.9. The smallest absolute Gasteiger partial charge is 0.251 e. The number of hydrogen-bond acceptors (Lipinski definition) is 5. The minimum Gasteiger partial charge on any atom is -0.394 e. The predicted molar refractivity (Wildman–Crippen MR) is 177 cm³/mol. The number of aliphatic hydroxyl groups is 1. The highest BCUT2D eigenvalue weighted by Crippen LogP contribution is 2.69. The van der Waals surface area contributed by atoms with Crippen LogP contribution in [0.5, 0.6) is 0 Å². The molecule has 1 spiro atoms. The summed E-state index contributed by atoms with van der Waals surface area (Å²) in [6.45, 7) is 16.7. The highest BCUT2D eigenvalue weighted by atomic mass is 32.2. The zero-order chi connectivity index (χ0) is 31.8. The van der Waals surface area contributed by atoms with E-state index in [0.29, 0.717) is 19.5 Å². The Hall–Kier alpha value is -3.36. The number of anilines is 1. The Morgan fingerprint density at radius 1 is 1.07 bits per heavy atom. The normalized spacial score (nSPS) is 27.6. The van der Waals surface area contributed by atoms with E-state index < -0.39 is 28.7 Å². The van der Waals surface area contributed by atoms with Crippen LogP contribution in [-0.2, 0) is 20.9 Å². The summed E-state index contributed by atoms with van der Waals surface area (Å²) >= 11 is 1.67. The number of thioether (sulfide) groups is 1. The number of nitrogens with zero attached hydrogens (tertiary/aromatic N) is 3. The summed E-state index contributed by atoms with van der Waals surface area (Å²) in [7, 11) is 0. The van der Waals surface area contributed by atoms with Crippen LogP contribution in [0.1, 0.15) is 43.4 Å². The molecule has 8 heteroatoms. The predicted octanol–water partition coefficient (Wildman–Crippen LogP) is 5.15. The molecule has 3 aliphatic rings. The number of fused-ring (bicyclic) bond motifs is 1. The number of carbonyl (C=O) groups is 3. The van der Waals surface area contributed by atoms with Crippen LogP contribution in [0.15, 0.2) is 73.8 Å². The molecule has 3 saturated heterocycles. The zero-order valence-corrected chi connectivity index (χ0v) is 27.1. The summed E-state index contributed by atoms with van der Waals surface area (Å²) in [5, 5.41) is 10.4. The van der Waals surface area contributed by atoms with Crippen molar-refractivity contribution in [3.05, 3.63) is 90.5 Å². The Morgan fingerprint density at radius 3 is 2.32 bits per heavy atom. The largest absolute Gasteiger partial charge is 0.394 e. The van der Waals surface area contributed by atoms with E-state index in [1.165, 1.54) is 0 Å². The molecule has 3 fully saturated rings. The number of para-hydroxylation sites is 1. The maximum absolute atomic E-state index is 15.0. The Labute approximate surface area is 266 Å². The van der Waals surface area contributed by atoms with Gasteiger partial charge in [-0.2, -0.15) is 0 Å². The molecular weight excluding hydrogens is 570 g/mol. The van der Waals surface area contributed by atoms with Gasteiger partial charge in [0.15, 0.2) is 0 Å². The molecule has 44 heavy (non-hydrogen) atoms. The van der Waals surface area contributed by atoms with Crippen LogP contribution in [-0.4, -0.2) is 74.4 Å². The molecule has 0 saturated carbocycles. The lowest BCUT2D eigenvalue weighted by Gasteiger charge is -2.42. The van der Waals surface area contributed by atoms with E-state index in [1.807, 2.05) is 69.3 Å². The first-order valence-electron chi connectivity index (χ1n) is 15.7. The van der Waals surface area contributed by atoms with Gasteiger partial charge in [-0.05, 0) is 49.3 Å². The highest BCUT2D eigenvalue weighted by Gasteiger charge is 2.77. The van der Waals surface area contributed by atoms with E-state index in [4.69, 9.17) is 0 Å². The highest BCUT2D eigenvalue weighted by molar-refractivity contribution is 8.02. The molecule has 5 rings (SSSR count). The molecule has 3 aliphatic heterocycles. The van der Waals surface area contributed by atoms with Crippen molar-refractivity contribution in [2.75, 3.05) is 24.6 Å². The Bertz CT molecular complexity index is 1410. The van der Waals surface area contributed by atoms with Gasteiger partial charge in [0.25, 0.3) is 5.91 Å². The van der Waals surface area contributed by atoms with Crippen LogP contribution < -0.4 is 4.90 Å². The number of aryl methyl sites for hydroxylation is 2. The Kier molecular flexibility index (Phi) is 9.42. The maximum atomic E-state index is 15.0. The molecule has 3 heterocycles. The second-order valence-corrected chi connectivity index (χ2v) is 14.1. The van der Waals surface area contributed by atoms with Gasteiger partial charge in [-0.3, -0.25) is 14.4 Å². The summed E-state index contributed by atoms with van der Waals surface area (Å²) in [5.74, 6) is -1.63. The van der Waals surface area contributed by atoms with Crippen LogP contribution in [0, 0.1) is 31.6 Å². The number of carbonyl (C=O) groups excluding carboxylic acids is 3. The van der Waals surface area contributed by atoms with Crippen molar-refractivity contribution >= 4 is 35.2 Å². The van der Waals surface area contributed by atoms with Gasteiger partial charge in [0.05, 0.1) is 29.2 Å². The van der Waals surface area contributed by atoms with Crippen molar-refractivity contribution in [3.8, 4) is 0 Å².